The van der Waals surface area contributed by atoms with Crippen LogP contribution < -0.4 is 4.72 Å². The molecule has 1 amide bonds. The summed E-state index contributed by atoms with van der Waals surface area (Å²) in [5.41, 5.74) is 5.71. The van der Waals surface area contributed by atoms with Gasteiger partial charge in [0.2, 0.25) is 10.0 Å². The zero-order valence-electron chi connectivity index (χ0n) is 16.3. The molecule has 5 rings (SSSR count). The van der Waals surface area contributed by atoms with Crippen LogP contribution in [0.5, 0.6) is 0 Å². The molecule has 1 N–H and O–H groups in total. The number of fused-ring (bicyclic) bond motifs is 4. The molecule has 1 saturated heterocycles. The van der Waals surface area contributed by atoms with Crippen LogP contribution in [0.25, 0.3) is 0 Å². The first kappa shape index (κ1) is 18.4. The summed E-state index contributed by atoms with van der Waals surface area (Å²) in [6.45, 7) is 0.753. The molecule has 6 nitrogen and oxygen atoms in total. The number of sulfonamides is 1. The van der Waals surface area contributed by atoms with E-state index in [9.17, 15) is 13.2 Å². The summed E-state index contributed by atoms with van der Waals surface area (Å²) in [7, 11) is -3.31. The lowest BCUT2D eigenvalue weighted by Crippen LogP contribution is -2.46. The molecule has 0 unspecified atom stereocenters. The van der Waals surface area contributed by atoms with Crippen LogP contribution in [0.4, 0.5) is 11.4 Å². The summed E-state index contributed by atoms with van der Waals surface area (Å²) in [6, 6.07) is 11.7. The first-order valence-corrected chi connectivity index (χ1v) is 11.9. The molecule has 0 radical (unpaired) electrons. The Hall–Kier alpha value is -2.67. The molecule has 0 spiro atoms. The van der Waals surface area contributed by atoms with E-state index in [4.69, 9.17) is 0 Å². The minimum Gasteiger partial charge on any atom is -0.335 e. The average Bonchev–Trinajstić information content (AvgIpc) is 3.29. The topological polar surface area (TPSA) is 78.8 Å². The molecule has 0 aromatic heterocycles. The largest absolute Gasteiger partial charge is 0.335 e. The average molecular weight is 410 g/mol. The maximum absolute atomic E-state index is 13.3. The maximum Gasteiger partial charge on any atom is 0.254 e. The summed E-state index contributed by atoms with van der Waals surface area (Å²) >= 11 is 0. The molecule has 2 aromatic carbocycles. The fraction of sp³-hybridized carbons (Fsp3) is 0.364. The molecular weight excluding hydrogens is 386 g/mol. The Morgan fingerprint density at radius 3 is 2.86 bits per heavy atom. The summed E-state index contributed by atoms with van der Waals surface area (Å²) in [6.07, 6.45) is 6.64. The number of likely N-dealkylation sites (tertiary alicyclic amines) is 1. The highest BCUT2D eigenvalue weighted by Crippen LogP contribution is 2.43. The summed E-state index contributed by atoms with van der Waals surface area (Å²) in [5.74, 6) is 0.370. The third-order valence-corrected chi connectivity index (χ3v) is 6.79. The fourth-order valence-electron chi connectivity index (χ4n) is 4.97. The predicted octanol–water partition coefficient (Wildman–Crippen LogP) is 3.26. The number of aliphatic imine (C=N–C) groups is 1. The van der Waals surface area contributed by atoms with E-state index in [1.165, 1.54) is 5.56 Å². The molecule has 0 bridgehead atoms. The smallest absolute Gasteiger partial charge is 0.254 e. The van der Waals surface area contributed by atoms with Gasteiger partial charge in [0.05, 0.1) is 11.9 Å². The molecule has 2 aromatic rings. The first-order valence-electron chi connectivity index (χ1n) is 9.96. The number of nitrogens with zero attached hydrogens (tertiary/aromatic N) is 2. The highest BCUT2D eigenvalue weighted by molar-refractivity contribution is 7.92. The maximum atomic E-state index is 13.3. The second-order valence-corrected chi connectivity index (χ2v) is 9.91. The number of piperidine rings is 1. The zero-order chi connectivity index (χ0) is 20.2. The van der Waals surface area contributed by atoms with Crippen LogP contribution >= 0.6 is 0 Å². The van der Waals surface area contributed by atoms with Crippen molar-refractivity contribution >= 4 is 33.5 Å². The molecule has 29 heavy (non-hydrogen) atoms. The lowest BCUT2D eigenvalue weighted by molar-refractivity contribution is 0.0595. The van der Waals surface area contributed by atoms with Crippen molar-refractivity contribution in [2.24, 2.45) is 4.99 Å². The molecule has 150 valence electrons. The summed E-state index contributed by atoms with van der Waals surface area (Å²) in [4.78, 5) is 19.7. The van der Waals surface area contributed by atoms with Gasteiger partial charge < -0.3 is 4.90 Å². The molecule has 3 aliphatic rings. The Balaban J connectivity index is 1.42. The van der Waals surface area contributed by atoms with E-state index in [2.05, 4.69) is 9.71 Å². The van der Waals surface area contributed by atoms with Crippen molar-refractivity contribution in [2.45, 2.75) is 37.6 Å². The van der Waals surface area contributed by atoms with Crippen molar-refractivity contribution < 1.29 is 13.2 Å². The number of nitrogens with one attached hydrogen (secondary N) is 1. The Morgan fingerprint density at radius 2 is 2.03 bits per heavy atom. The number of hydrogen-bond acceptors (Lipinski definition) is 4. The van der Waals surface area contributed by atoms with Gasteiger partial charge in [0.25, 0.3) is 5.91 Å². The number of anilines is 1. The molecule has 0 saturated carbocycles. The van der Waals surface area contributed by atoms with Crippen molar-refractivity contribution in [2.75, 3.05) is 17.5 Å². The summed E-state index contributed by atoms with van der Waals surface area (Å²) in [5, 5.41) is 0. The third kappa shape index (κ3) is 3.33. The van der Waals surface area contributed by atoms with Gasteiger partial charge in [0.15, 0.2) is 0 Å². The number of benzene rings is 2. The normalized spacial score (nSPS) is 22.2. The minimum atomic E-state index is -3.31. The third-order valence-electron chi connectivity index (χ3n) is 6.19. The van der Waals surface area contributed by atoms with Gasteiger partial charge in [-0.1, -0.05) is 12.1 Å². The monoisotopic (exact) mass is 409 g/mol. The molecule has 7 heteroatoms. The van der Waals surface area contributed by atoms with Crippen molar-refractivity contribution in [3.63, 3.8) is 0 Å². The van der Waals surface area contributed by atoms with Gasteiger partial charge in [-0.2, -0.15) is 0 Å². The van der Waals surface area contributed by atoms with Crippen LogP contribution in [0.3, 0.4) is 0 Å². The van der Waals surface area contributed by atoms with Crippen LogP contribution in [0.15, 0.2) is 41.4 Å². The Bertz CT molecular complexity index is 1140. The minimum absolute atomic E-state index is 0.0619. The number of rotatable bonds is 3. The Morgan fingerprint density at radius 1 is 1.17 bits per heavy atom. The van der Waals surface area contributed by atoms with Gasteiger partial charge in [-0.25, -0.2) is 8.42 Å². The SMILES string of the molecule is CS(=O)(=O)Nc1ccc2c(c1)C[C@H]1[C@@H]2CCCN1C(=O)c1ccc2c(c1)N=CC2. The van der Waals surface area contributed by atoms with Crippen molar-refractivity contribution in [1.82, 2.24) is 4.90 Å². The fourth-order valence-corrected chi connectivity index (χ4v) is 5.52. The van der Waals surface area contributed by atoms with E-state index in [1.807, 2.05) is 47.5 Å². The highest BCUT2D eigenvalue weighted by atomic mass is 32.2. The second kappa shape index (κ2) is 6.69. The lowest BCUT2D eigenvalue weighted by atomic mass is 9.88. The van der Waals surface area contributed by atoms with Crippen LogP contribution in [0, 0.1) is 0 Å². The van der Waals surface area contributed by atoms with Gasteiger partial charge in [-0.15, -0.1) is 0 Å². The van der Waals surface area contributed by atoms with Gasteiger partial charge in [-0.05, 0) is 60.2 Å². The van der Waals surface area contributed by atoms with E-state index in [1.54, 1.807) is 0 Å². The zero-order valence-corrected chi connectivity index (χ0v) is 17.1. The number of hydrogen-bond donors (Lipinski definition) is 1. The Labute approximate surface area is 170 Å². The second-order valence-electron chi connectivity index (χ2n) is 8.17. The van der Waals surface area contributed by atoms with Gasteiger partial charge in [0, 0.05) is 42.4 Å². The highest BCUT2D eigenvalue weighted by Gasteiger charge is 2.41. The van der Waals surface area contributed by atoms with Crippen molar-refractivity contribution in [1.29, 1.82) is 0 Å². The van der Waals surface area contributed by atoms with Crippen molar-refractivity contribution in [3.8, 4) is 0 Å². The van der Waals surface area contributed by atoms with Gasteiger partial charge in [0.1, 0.15) is 0 Å². The molecule has 2 aliphatic heterocycles. The number of amides is 1. The van der Waals surface area contributed by atoms with Crippen LogP contribution in [0.2, 0.25) is 0 Å². The van der Waals surface area contributed by atoms with Gasteiger partial charge in [-0.3, -0.25) is 14.5 Å². The van der Waals surface area contributed by atoms with Crippen molar-refractivity contribution in [3.05, 3.63) is 58.7 Å². The predicted molar refractivity (Wildman–Crippen MR) is 114 cm³/mol. The molecule has 1 fully saturated rings. The van der Waals surface area contributed by atoms with Crippen LogP contribution in [-0.2, 0) is 22.9 Å². The van der Waals surface area contributed by atoms with E-state index in [0.29, 0.717) is 17.2 Å². The van der Waals surface area contributed by atoms with Crippen LogP contribution in [0.1, 0.15) is 45.8 Å². The Kier molecular flexibility index (Phi) is 4.24. The van der Waals surface area contributed by atoms with E-state index in [0.717, 1.165) is 55.3 Å². The molecule has 2 atom stereocenters. The standard InChI is InChI=1S/C22H23N3O3S/c1-29(27,28)24-17-6-7-18-16(11-17)13-21-19(18)3-2-10-25(21)22(26)15-5-4-14-8-9-23-20(14)12-15/h4-7,9,11-12,19,21,24H,2-3,8,10,13H2,1H3/t19-,21+/m1/s1. The quantitative estimate of drug-likeness (QED) is 0.845. The van der Waals surface area contributed by atoms with Gasteiger partial charge >= 0.3 is 0 Å². The summed E-state index contributed by atoms with van der Waals surface area (Å²) < 4.78 is 25.7. The molecular formula is C22H23N3O3S. The molecule has 2 heterocycles. The number of carbonyl (C=O) groups excluding carboxylic acids is 1. The lowest BCUT2D eigenvalue weighted by Gasteiger charge is -2.38. The number of carbonyl (C=O) groups is 1. The first-order chi connectivity index (χ1) is 13.9. The van der Waals surface area contributed by atoms with Crippen LogP contribution in [-0.4, -0.2) is 44.3 Å². The molecule has 1 aliphatic carbocycles. The van der Waals surface area contributed by atoms with E-state index >= 15 is 0 Å². The van der Waals surface area contributed by atoms with E-state index < -0.39 is 10.0 Å². The van der Waals surface area contributed by atoms with E-state index in [-0.39, 0.29) is 11.9 Å².